The van der Waals surface area contributed by atoms with Crippen molar-refractivity contribution < 1.29 is 14.3 Å². The van der Waals surface area contributed by atoms with Crippen LogP contribution < -0.4 is 4.74 Å². The maximum Gasteiger partial charge on any atom is 0.338 e. The Bertz CT molecular complexity index is 823. The fourth-order valence-electron chi connectivity index (χ4n) is 2.26. The molecule has 1 aromatic heterocycles. The highest BCUT2D eigenvalue weighted by molar-refractivity contribution is 7.13. The lowest BCUT2D eigenvalue weighted by atomic mass is 10.1. The molecule has 1 heterocycles. The number of benzene rings is 2. The van der Waals surface area contributed by atoms with E-state index in [1.807, 2.05) is 41.8 Å². The Balaban J connectivity index is 1.80. The van der Waals surface area contributed by atoms with Gasteiger partial charge in [-0.25, -0.2) is 9.78 Å². The maximum absolute atomic E-state index is 11.7. The van der Waals surface area contributed by atoms with Crippen molar-refractivity contribution in [3.05, 3.63) is 59.5 Å². The van der Waals surface area contributed by atoms with E-state index in [0.717, 1.165) is 27.6 Å². The Labute approximate surface area is 144 Å². The highest BCUT2D eigenvalue weighted by atomic mass is 32.1. The van der Waals surface area contributed by atoms with Gasteiger partial charge in [-0.2, -0.15) is 0 Å². The molecule has 0 saturated carbocycles. The zero-order valence-corrected chi connectivity index (χ0v) is 14.3. The van der Waals surface area contributed by atoms with Crippen LogP contribution in [0.1, 0.15) is 17.3 Å². The second-order valence-corrected chi connectivity index (χ2v) is 5.92. The number of hydrogen-bond acceptors (Lipinski definition) is 5. The van der Waals surface area contributed by atoms with Gasteiger partial charge in [0.05, 0.1) is 25.0 Å². The van der Waals surface area contributed by atoms with Crippen molar-refractivity contribution in [2.45, 2.75) is 6.92 Å². The first kappa shape index (κ1) is 16.2. The molecule has 0 N–H and O–H groups in total. The molecule has 2 aromatic carbocycles. The van der Waals surface area contributed by atoms with Gasteiger partial charge in [-0.15, -0.1) is 11.3 Å². The Morgan fingerprint density at radius 2 is 1.71 bits per heavy atom. The number of thiazole rings is 1. The van der Waals surface area contributed by atoms with Gasteiger partial charge in [0.25, 0.3) is 0 Å². The molecule has 4 nitrogen and oxygen atoms in total. The molecule has 0 amide bonds. The number of hydrogen-bond donors (Lipinski definition) is 0. The fraction of sp³-hybridized carbons (Fsp3) is 0.158. The number of carbonyl (C=O) groups excluding carboxylic acids is 1. The number of aromatic nitrogens is 1. The van der Waals surface area contributed by atoms with Gasteiger partial charge in [-0.1, -0.05) is 12.1 Å². The van der Waals surface area contributed by atoms with E-state index in [9.17, 15) is 4.79 Å². The van der Waals surface area contributed by atoms with Crippen LogP contribution in [-0.2, 0) is 4.74 Å². The Morgan fingerprint density at radius 1 is 1.04 bits per heavy atom. The molecule has 0 atom stereocenters. The maximum atomic E-state index is 11.7. The van der Waals surface area contributed by atoms with Crippen LogP contribution in [0.4, 0.5) is 0 Å². The number of ether oxygens (including phenoxy) is 2. The molecule has 0 spiro atoms. The van der Waals surface area contributed by atoms with E-state index in [1.54, 1.807) is 37.5 Å². The van der Waals surface area contributed by atoms with Crippen molar-refractivity contribution in [2.75, 3.05) is 13.7 Å². The molecule has 3 aromatic rings. The van der Waals surface area contributed by atoms with Gasteiger partial charge in [0.2, 0.25) is 0 Å². The zero-order valence-electron chi connectivity index (χ0n) is 13.5. The molecule has 24 heavy (non-hydrogen) atoms. The largest absolute Gasteiger partial charge is 0.497 e. The molecule has 122 valence electrons. The lowest BCUT2D eigenvalue weighted by molar-refractivity contribution is 0.0526. The van der Waals surface area contributed by atoms with Crippen LogP contribution in [-0.4, -0.2) is 24.7 Å². The average Bonchev–Trinajstić information content (AvgIpc) is 3.12. The van der Waals surface area contributed by atoms with Gasteiger partial charge < -0.3 is 9.47 Å². The third-order valence-electron chi connectivity index (χ3n) is 3.53. The van der Waals surface area contributed by atoms with Gasteiger partial charge in [0, 0.05) is 16.5 Å². The number of esters is 1. The lowest BCUT2D eigenvalue weighted by Crippen LogP contribution is -2.03. The van der Waals surface area contributed by atoms with E-state index < -0.39 is 0 Å². The summed E-state index contributed by atoms with van der Waals surface area (Å²) < 4.78 is 10.2. The van der Waals surface area contributed by atoms with Crippen molar-refractivity contribution in [3.63, 3.8) is 0 Å². The van der Waals surface area contributed by atoms with Crippen LogP contribution in [0.5, 0.6) is 5.75 Å². The second-order valence-electron chi connectivity index (χ2n) is 5.06. The van der Waals surface area contributed by atoms with Gasteiger partial charge in [0.15, 0.2) is 0 Å². The standard InChI is InChI=1S/C19H17NO3S/c1-3-23-19(21)15-6-4-13(5-7-15)17-12-24-18(20-17)14-8-10-16(22-2)11-9-14/h4-12H,3H2,1-2H3. The highest BCUT2D eigenvalue weighted by Gasteiger charge is 2.09. The van der Waals surface area contributed by atoms with Crippen molar-refractivity contribution in [1.29, 1.82) is 0 Å². The van der Waals surface area contributed by atoms with E-state index in [2.05, 4.69) is 4.98 Å². The van der Waals surface area contributed by atoms with Crippen LogP contribution in [0.25, 0.3) is 21.8 Å². The minimum absolute atomic E-state index is 0.304. The van der Waals surface area contributed by atoms with Crippen LogP contribution in [0, 0.1) is 0 Å². The van der Waals surface area contributed by atoms with Gasteiger partial charge >= 0.3 is 5.97 Å². The Hall–Kier alpha value is -2.66. The number of nitrogens with zero attached hydrogens (tertiary/aromatic N) is 1. The number of carbonyl (C=O) groups is 1. The molecule has 0 aliphatic rings. The monoisotopic (exact) mass is 339 g/mol. The Kier molecular flexibility index (Phi) is 4.91. The Morgan fingerprint density at radius 3 is 2.33 bits per heavy atom. The van der Waals surface area contributed by atoms with Crippen LogP contribution in [0.15, 0.2) is 53.9 Å². The summed E-state index contributed by atoms with van der Waals surface area (Å²) in [6.07, 6.45) is 0. The third-order valence-corrected chi connectivity index (χ3v) is 4.42. The topological polar surface area (TPSA) is 48.4 Å². The first-order chi connectivity index (χ1) is 11.7. The lowest BCUT2D eigenvalue weighted by Gasteiger charge is -2.02. The molecule has 0 bridgehead atoms. The normalized spacial score (nSPS) is 10.4. The summed E-state index contributed by atoms with van der Waals surface area (Å²) in [5.74, 6) is 0.520. The molecular formula is C19H17NO3S. The van der Waals surface area contributed by atoms with E-state index in [0.29, 0.717) is 12.2 Å². The molecular weight excluding hydrogens is 322 g/mol. The minimum Gasteiger partial charge on any atom is -0.497 e. The fourth-order valence-corrected chi connectivity index (χ4v) is 3.10. The average molecular weight is 339 g/mol. The molecule has 0 fully saturated rings. The van der Waals surface area contributed by atoms with E-state index in [-0.39, 0.29) is 5.97 Å². The van der Waals surface area contributed by atoms with Crippen LogP contribution in [0.2, 0.25) is 0 Å². The van der Waals surface area contributed by atoms with Crippen LogP contribution >= 0.6 is 11.3 Å². The first-order valence-corrected chi connectivity index (χ1v) is 8.46. The van der Waals surface area contributed by atoms with Crippen LogP contribution in [0.3, 0.4) is 0 Å². The molecule has 0 unspecified atom stereocenters. The SMILES string of the molecule is CCOC(=O)c1ccc(-c2csc(-c3ccc(OC)cc3)n2)cc1. The molecule has 5 heteroatoms. The van der Waals surface area contributed by atoms with Crippen molar-refractivity contribution in [2.24, 2.45) is 0 Å². The smallest absolute Gasteiger partial charge is 0.338 e. The molecule has 0 aliphatic carbocycles. The summed E-state index contributed by atoms with van der Waals surface area (Å²) in [5.41, 5.74) is 3.46. The summed E-state index contributed by atoms with van der Waals surface area (Å²) in [7, 11) is 1.65. The second kappa shape index (κ2) is 7.27. The minimum atomic E-state index is -0.304. The van der Waals surface area contributed by atoms with Gasteiger partial charge in [0.1, 0.15) is 10.8 Å². The molecule has 0 aliphatic heterocycles. The summed E-state index contributed by atoms with van der Waals surface area (Å²) in [6.45, 7) is 2.17. The van der Waals surface area contributed by atoms with Crippen molar-refractivity contribution in [1.82, 2.24) is 4.98 Å². The van der Waals surface area contributed by atoms with Gasteiger partial charge in [-0.05, 0) is 43.3 Å². The highest BCUT2D eigenvalue weighted by Crippen LogP contribution is 2.30. The zero-order chi connectivity index (χ0) is 16.9. The van der Waals surface area contributed by atoms with Gasteiger partial charge in [-0.3, -0.25) is 0 Å². The van der Waals surface area contributed by atoms with Crippen molar-refractivity contribution in [3.8, 4) is 27.6 Å². The summed E-state index contributed by atoms with van der Waals surface area (Å²) >= 11 is 1.59. The number of rotatable bonds is 5. The summed E-state index contributed by atoms with van der Waals surface area (Å²) in [6, 6.07) is 15.1. The van der Waals surface area contributed by atoms with E-state index >= 15 is 0 Å². The quantitative estimate of drug-likeness (QED) is 0.634. The third kappa shape index (κ3) is 3.46. The summed E-state index contributed by atoms with van der Waals surface area (Å²) in [4.78, 5) is 16.4. The molecule has 0 saturated heterocycles. The first-order valence-electron chi connectivity index (χ1n) is 7.58. The van der Waals surface area contributed by atoms with E-state index in [1.165, 1.54) is 0 Å². The molecule has 3 rings (SSSR count). The molecule has 0 radical (unpaired) electrons. The van der Waals surface area contributed by atoms with Crippen molar-refractivity contribution >= 4 is 17.3 Å². The van der Waals surface area contributed by atoms with E-state index in [4.69, 9.17) is 9.47 Å². The predicted octanol–water partition coefficient (Wildman–Crippen LogP) is 4.66. The predicted molar refractivity (Wildman–Crippen MR) is 95.5 cm³/mol. The summed E-state index contributed by atoms with van der Waals surface area (Å²) in [5, 5.41) is 2.96. The number of methoxy groups -OCH3 is 1.